The van der Waals surface area contributed by atoms with Crippen molar-refractivity contribution in [2.45, 2.75) is 77.7 Å². The molecule has 0 aromatic carbocycles. The van der Waals surface area contributed by atoms with E-state index in [2.05, 4.69) is 16.5 Å². The second kappa shape index (κ2) is 11.2. The lowest BCUT2D eigenvalue weighted by Gasteiger charge is -2.29. The second-order valence-corrected chi connectivity index (χ2v) is 10.4. The molecule has 3 N–H and O–H groups in total. The van der Waals surface area contributed by atoms with Crippen LogP contribution in [0.5, 0.6) is 0 Å². The van der Waals surface area contributed by atoms with Gasteiger partial charge in [0.25, 0.3) is 0 Å². The highest BCUT2D eigenvalue weighted by atomic mass is 32.1. The summed E-state index contributed by atoms with van der Waals surface area (Å²) in [4.78, 5) is 33.1. The third-order valence-electron chi connectivity index (χ3n) is 7.13. The Hall–Kier alpha value is -3.00. The first-order valence-corrected chi connectivity index (χ1v) is 13.4. The number of carboxylic acid groups (broad SMARTS) is 1. The number of rotatable bonds is 10. The summed E-state index contributed by atoms with van der Waals surface area (Å²) in [5.41, 5.74) is 10.1. The molecule has 1 atom stereocenters. The minimum absolute atomic E-state index is 0.00790. The van der Waals surface area contributed by atoms with Crippen molar-refractivity contribution >= 4 is 23.2 Å². The Bertz CT molecular complexity index is 1190. The number of carbonyl (C=O) groups is 2. The molecule has 186 valence electrons. The summed E-state index contributed by atoms with van der Waals surface area (Å²) in [5.74, 6) is -0.713. The number of pyridine rings is 1. The zero-order valence-corrected chi connectivity index (χ0v) is 21.3. The number of nitrogens with zero attached hydrogens (tertiary/aromatic N) is 3. The van der Waals surface area contributed by atoms with Crippen molar-refractivity contribution < 1.29 is 14.7 Å². The molecule has 1 amide bonds. The summed E-state index contributed by atoms with van der Waals surface area (Å²) in [6.07, 6.45) is 10.5. The molecule has 7 nitrogen and oxygen atoms in total. The molecule has 1 aliphatic rings. The van der Waals surface area contributed by atoms with Crippen molar-refractivity contribution in [2.75, 3.05) is 0 Å². The highest BCUT2D eigenvalue weighted by Crippen LogP contribution is 2.39. The van der Waals surface area contributed by atoms with Gasteiger partial charge in [-0.25, -0.2) is 9.78 Å². The molecule has 3 aromatic heterocycles. The minimum Gasteiger partial charge on any atom is -0.478 e. The molecule has 0 spiro atoms. The molecule has 0 radical (unpaired) electrons. The summed E-state index contributed by atoms with van der Waals surface area (Å²) in [6, 6.07) is 5.73. The van der Waals surface area contributed by atoms with Crippen LogP contribution in [-0.4, -0.2) is 31.5 Å². The number of aromatic carboxylic acids is 1. The van der Waals surface area contributed by atoms with Crippen molar-refractivity contribution in [3.63, 3.8) is 0 Å². The van der Waals surface area contributed by atoms with Gasteiger partial charge in [-0.15, -0.1) is 11.3 Å². The predicted molar refractivity (Wildman–Crippen MR) is 139 cm³/mol. The minimum atomic E-state index is -0.953. The van der Waals surface area contributed by atoms with Gasteiger partial charge in [-0.05, 0) is 50.3 Å². The molecule has 4 rings (SSSR count). The topological polar surface area (TPSA) is 111 Å². The lowest BCUT2D eigenvalue weighted by atomic mass is 9.83. The zero-order chi connectivity index (χ0) is 24.9. The van der Waals surface area contributed by atoms with Crippen molar-refractivity contribution in [1.29, 1.82) is 0 Å². The number of nitrogens with two attached hydrogens (primary N) is 1. The summed E-state index contributed by atoms with van der Waals surface area (Å²) in [7, 11) is 0. The van der Waals surface area contributed by atoms with Crippen LogP contribution < -0.4 is 5.73 Å². The van der Waals surface area contributed by atoms with Crippen LogP contribution in [0.15, 0.2) is 29.8 Å². The number of carboxylic acids is 1. The van der Waals surface area contributed by atoms with Crippen LogP contribution in [0.4, 0.5) is 0 Å². The summed E-state index contributed by atoms with van der Waals surface area (Å²) >= 11 is 1.54. The number of hydrogen-bond donors (Lipinski definition) is 2. The quantitative estimate of drug-likeness (QED) is 0.358. The fourth-order valence-electron chi connectivity index (χ4n) is 5.30. The summed E-state index contributed by atoms with van der Waals surface area (Å²) < 4.78 is 2.11. The van der Waals surface area contributed by atoms with Crippen molar-refractivity contribution in [1.82, 2.24) is 14.5 Å². The van der Waals surface area contributed by atoms with E-state index in [1.807, 2.05) is 24.4 Å². The van der Waals surface area contributed by atoms with Gasteiger partial charge in [0.2, 0.25) is 5.91 Å². The molecule has 3 aromatic rings. The molecule has 0 bridgehead atoms. The first kappa shape index (κ1) is 25.1. The number of carbonyl (C=O) groups excluding carboxylic acids is 1. The lowest BCUT2D eigenvalue weighted by Crippen LogP contribution is -2.21. The molecule has 3 heterocycles. The third kappa shape index (κ3) is 5.81. The van der Waals surface area contributed by atoms with E-state index < -0.39 is 5.97 Å². The number of primary amides is 1. The van der Waals surface area contributed by atoms with Gasteiger partial charge < -0.3 is 15.4 Å². The predicted octanol–water partition coefficient (Wildman–Crippen LogP) is 6.02. The van der Waals surface area contributed by atoms with Gasteiger partial charge in [0.15, 0.2) is 0 Å². The Labute approximate surface area is 210 Å². The molecular weight excluding hydrogens is 460 g/mol. The maximum absolute atomic E-state index is 12.1. The smallest absolute Gasteiger partial charge is 0.337 e. The Balaban J connectivity index is 1.75. The van der Waals surface area contributed by atoms with E-state index in [4.69, 9.17) is 10.7 Å². The van der Waals surface area contributed by atoms with Crippen LogP contribution >= 0.6 is 11.3 Å². The lowest BCUT2D eigenvalue weighted by molar-refractivity contribution is -0.118. The third-order valence-corrected chi connectivity index (χ3v) is 8.03. The van der Waals surface area contributed by atoms with E-state index in [9.17, 15) is 14.7 Å². The van der Waals surface area contributed by atoms with Crippen LogP contribution in [0.1, 0.15) is 86.1 Å². The van der Waals surface area contributed by atoms with Gasteiger partial charge in [0, 0.05) is 41.0 Å². The zero-order valence-electron chi connectivity index (χ0n) is 20.5. The fourth-order valence-corrected chi connectivity index (χ4v) is 6.11. The maximum atomic E-state index is 12.1. The Morgan fingerprint density at radius 3 is 2.71 bits per heavy atom. The molecule has 1 saturated carbocycles. The molecule has 1 unspecified atom stereocenters. The Morgan fingerprint density at radius 1 is 1.26 bits per heavy atom. The monoisotopic (exact) mass is 494 g/mol. The Morgan fingerprint density at radius 2 is 2.03 bits per heavy atom. The Kier molecular flexibility index (Phi) is 8.00. The first-order chi connectivity index (χ1) is 16.9. The largest absolute Gasteiger partial charge is 0.478 e. The number of amides is 1. The van der Waals surface area contributed by atoms with Crippen LogP contribution in [-0.2, 0) is 11.2 Å². The van der Waals surface area contributed by atoms with E-state index in [0.717, 1.165) is 40.5 Å². The highest BCUT2D eigenvalue weighted by Gasteiger charge is 2.27. The van der Waals surface area contributed by atoms with Crippen LogP contribution in [0.2, 0.25) is 0 Å². The summed E-state index contributed by atoms with van der Waals surface area (Å²) in [5, 5.41) is 12.8. The molecule has 0 saturated heterocycles. The van der Waals surface area contributed by atoms with Gasteiger partial charge in [0.05, 0.1) is 17.0 Å². The van der Waals surface area contributed by atoms with E-state index >= 15 is 0 Å². The SMILES string of the molecule is CCc1cc(-c2nc(-c3cc(C(=O)O)c(C)n3C(CCC(N)=O)CC3CCCCC3)cs2)ccn1. The molecule has 1 aliphatic carbocycles. The molecule has 0 aliphatic heterocycles. The molecule has 8 heteroatoms. The van der Waals surface area contributed by atoms with E-state index in [-0.39, 0.29) is 23.9 Å². The van der Waals surface area contributed by atoms with Crippen molar-refractivity contribution in [2.24, 2.45) is 11.7 Å². The van der Waals surface area contributed by atoms with E-state index in [0.29, 0.717) is 18.0 Å². The van der Waals surface area contributed by atoms with Crippen molar-refractivity contribution in [3.05, 3.63) is 46.7 Å². The number of thiazole rings is 1. The molecule has 1 fully saturated rings. The average molecular weight is 495 g/mol. The van der Waals surface area contributed by atoms with Gasteiger partial charge in [-0.2, -0.15) is 0 Å². The van der Waals surface area contributed by atoms with Gasteiger partial charge >= 0.3 is 5.97 Å². The van der Waals surface area contributed by atoms with Gasteiger partial charge in [-0.3, -0.25) is 9.78 Å². The van der Waals surface area contributed by atoms with Crippen LogP contribution in [0.25, 0.3) is 22.0 Å². The summed E-state index contributed by atoms with van der Waals surface area (Å²) in [6.45, 7) is 3.93. The number of aryl methyl sites for hydroxylation is 1. The normalized spacial score (nSPS) is 15.3. The fraction of sp³-hybridized carbons (Fsp3) is 0.481. The number of aromatic nitrogens is 3. The average Bonchev–Trinajstić information content (AvgIpc) is 3.47. The number of hydrogen-bond acceptors (Lipinski definition) is 5. The van der Waals surface area contributed by atoms with E-state index in [1.54, 1.807) is 23.6 Å². The molecule has 35 heavy (non-hydrogen) atoms. The van der Waals surface area contributed by atoms with E-state index in [1.165, 1.54) is 32.1 Å². The highest BCUT2D eigenvalue weighted by molar-refractivity contribution is 7.13. The first-order valence-electron chi connectivity index (χ1n) is 12.5. The van der Waals surface area contributed by atoms with Crippen LogP contribution in [0.3, 0.4) is 0 Å². The van der Waals surface area contributed by atoms with Crippen molar-refractivity contribution in [3.8, 4) is 22.0 Å². The van der Waals surface area contributed by atoms with Gasteiger partial charge in [0.1, 0.15) is 5.01 Å². The van der Waals surface area contributed by atoms with Crippen LogP contribution in [0, 0.1) is 12.8 Å². The second-order valence-electron chi connectivity index (χ2n) is 9.53. The van der Waals surface area contributed by atoms with Gasteiger partial charge in [-0.1, -0.05) is 39.0 Å². The standard InChI is InChI=1S/C27H34N4O3S/c1-3-20-14-19(11-12-29-20)26-30-23(16-35-26)24-15-22(27(33)34)17(2)31(24)21(9-10-25(28)32)13-18-7-5-4-6-8-18/h11-12,14-16,18,21H,3-10,13H2,1-2H3,(H2,28,32)(H,33,34). The maximum Gasteiger partial charge on any atom is 0.337 e. The molecular formula is C27H34N4O3S.